The number of carbonyl (C=O) groups excluding carboxylic acids is 2. The van der Waals surface area contributed by atoms with Gasteiger partial charge in [-0.3, -0.25) is 5.32 Å². The Morgan fingerprint density at radius 1 is 1.12 bits per heavy atom. The van der Waals surface area contributed by atoms with E-state index in [1.54, 1.807) is 41.2 Å². The van der Waals surface area contributed by atoms with Crippen LogP contribution in [0.25, 0.3) is 0 Å². The number of amides is 2. The molecule has 0 aromatic carbocycles. The van der Waals surface area contributed by atoms with E-state index in [1.807, 2.05) is 10.8 Å². The first-order valence-corrected chi connectivity index (χ1v) is 12.3. The SMILES string of the molecule is O=C(O[C@H]1C[N+]2(C(=O)Nc3cccnn3)CCC1CC2)C(O)(c1ccsc1)c1ccsc1.[Br-]. The van der Waals surface area contributed by atoms with E-state index >= 15 is 0 Å². The van der Waals surface area contributed by atoms with Crippen LogP contribution in [0.5, 0.6) is 0 Å². The third-order valence-electron chi connectivity index (χ3n) is 6.58. The second-order valence-corrected chi connectivity index (χ2v) is 9.89. The van der Waals surface area contributed by atoms with Crippen LogP contribution in [0.15, 0.2) is 52.0 Å². The Morgan fingerprint density at radius 3 is 2.33 bits per heavy atom. The van der Waals surface area contributed by atoms with Gasteiger partial charge in [0.25, 0.3) is 0 Å². The number of urea groups is 1. The summed E-state index contributed by atoms with van der Waals surface area (Å²) in [6.07, 6.45) is 2.66. The zero-order valence-corrected chi connectivity index (χ0v) is 20.8. The number of ether oxygens (including phenoxy) is 1. The van der Waals surface area contributed by atoms with Crippen LogP contribution in [-0.2, 0) is 15.1 Å². The maximum atomic E-state index is 13.4. The van der Waals surface area contributed by atoms with Crippen molar-refractivity contribution in [2.45, 2.75) is 24.5 Å². The molecule has 2 amide bonds. The molecule has 33 heavy (non-hydrogen) atoms. The largest absolute Gasteiger partial charge is 1.00 e. The first-order valence-electron chi connectivity index (χ1n) is 10.5. The number of nitrogens with zero attached hydrogens (tertiary/aromatic N) is 3. The highest BCUT2D eigenvalue weighted by atomic mass is 79.9. The Bertz CT molecular complexity index is 1050. The predicted octanol–water partition coefficient (Wildman–Crippen LogP) is 0.224. The summed E-state index contributed by atoms with van der Waals surface area (Å²) in [5.74, 6) is -0.117. The fourth-order valence-electron chi connectivity index (χ4n) is 4.71. The van der Waals surface area contributed by atoms with E-state index in [0.717, 1.165) is 12.8 Å². The maximum absolute atomic E-state index is 13.4. The van der Waals surface area contributed by atoms with Gasteiger partial charge in [-0.2, -0.15) is 27.8 Å². The Kier molecular flexibility index (Phi) is 6.96. The summed E-state index contributed by atoms with van der Waals surface area (Å²) in [7, 11) is 0. The second kappa shape index (κ2) is 9.59. The highest BCUT2D eigenvalue weighted by Gasteiger charge is 2.54. The fraction of sp³-hybridized carbons (Fsp3) is 0.364. The number of piperidine rings is 3. The summed E-state index contributed by atoms with van der Waals surface area (Å²) in [6.45, 7) is 1.75. The number of halogens is 1. The Labute approximate surface area is 209 Å². The molecule has 0 radical (unpaired) electrons. The molecule has 6 heterocycles. The lowest BCUT2D eigenvalue weighted by atomic mass is 9.83. The van der Waals surface area contributed by atoms with Crippen molar-refractivity contribution in [2.75, 3.05) is 25.0 Å². The molecule has 3 aromatic rings. The minimum Gasteiger partial charge on any atom is -1.00 e. The number of aliphatic hydroxyl groups is 1. The van der Waals surface area contributed by atoms with Gasteiger partial charge in [0.1, 0.15) is 6.54 Å². The Hall–Kier alpha value is -2.18. The summed E-state index contributed by atoms with van der Waals surface area (Å²) in [5.41, 5.74) is -0.869. The number of fused-ring (bicyclic) bond motifs is 3. The quantitative estimate of drug-likeness (QED) is 0.348. The zero-order valence-electron chi connectivity index (χ0n) is 17.6. The molecule has 3 aromatic heterocycles. The number of esters is 1. The molecule has 2 N–H and O–H groups in total. The lowest BCUT2D eigenvalue weighted by molar-refractivity contribution is -0.869. The van der Waals surface area contributed by atoms with Crippen molar-refractivity contribution in [1.29, 1.82) is 0 Å². The van der Waals surface area contributed by atoms with Crippen LogP contribution in [-0.4, -0.2) is 57.5 Å². The van der Waals surface area contributed by atoms with Crippen LogP contribution in [0, 0.1) is 5.92 Å². The first kappa shape index (κ1) is 24.0. The molecule has 0 saturated carbocycles. The molecule has 3 aliphatic heterocycles. The minimum atomic E-state index is -1.86. The topological polar surface area (TPSA) is 101 Å². The number of hydrogen-bond donors (Lipinski definition) is 2. The van der Waals surface area contributed by atoms with Gasteiger partial charge in [-0.05, 0) is 45.8 Å². The van der Waals surface area contributed by atoms with E-state index in [4.69, 9.17) is 4.74 Å². The molecule has 2 bridgehead atoms. The van der Waals surface area contributed by atoms with Gasteiger partial charge in [-0.25, -0.2) is 14.1 Å². The van der Waals surface area contributed by atoms with Crippen molar-refractivity contribution in [3.63, 3.8) is 0 Å². The molecule has 0 spiro atoms. The van der Waals surface area contributed by atoms with Crippen LogP contribution < -0.4 is 22.3 Å². The van der Waals surface area contributed by atoms with Gasteiger partial charge < -0.3 is 26.8 Å². The predicted molar refractivity (Wildman–Crippen MR) is 120 cm³/mol. The van der Waals surface area contributed by atoms with Crippen molar-refractivity contribution in [3.8, 4) is 0 Å². The molecule has 3 saturated heterocycles. The Morgan fingerprint density at radius 2 is 1.79 bits per heavy atom. The molecular weight excluding hydrogens is 528 g/mol. The van der Waals surface area contributed by atoms with E-state index < -0.39 is 17.7 Å². The lowest BCUT2D eigenvalue weighted by Crippen LogP contribution is -3.00. The van der Waals surface area contributed by atoms with Gasteiger partial charge in [0, 0.05) is 36.1 Å². The average Bonchev–Trinajstić information content (AvgIpc) is 3.55. The van der Waals surface area contributed by atoms with Gasteiger partial charge in [0.15, 0.2) is 11.9 Å². The van der Waals surface area contributed by atoms with Crippen molar-refractivity contribution in [1.82, 2.24) is 10.2 Å². The number of quaternary nitrogens is 1. The molecule has 3 fully saturated rings. The van der Waals surface area contributed by atoms with Crippen LogP contribution >= 0.6 is 22.7 Å². The summed E-state index contributed by atoms with van der Waals surface area (Å²) < 4.78 is 6.14. The standard InChI is InChI=1S/C22H22N4O4S2.BrH/c27-20(22(29,16-5-10-31-13-16)17-6-11-32-14-17)30-18-12-26(8-3-15(18)4-9-26)21(28)24-19-2-1-7-23-25-19;/h1-2,5-7,10-11,13-15,18,29H,3-4,8-9,12H2;1H/t15?,18-,26?;/m0./s1. The monoisotopic (exact) mass is 550 g/mol. The van der Waals surface area contributed by atoms with Crippen molar-refractivity contribution in [2.24, 2.45) is 5.92 Å². The summed E-state index contributed by atoms with van der Waals surface area (Å²) in [6, 6.07) is 6.71. The minimum absolute atomic E-state index is 0. The molecule has 1 atom stereocenters. The smallest absolute Gasteiger partial charge is 0.422 e. The maximum Gasteiger partial charge on any atom is 0.422 e. The van der Waals surface area contributed by atoms with E-state index in [0.29, 0.717) is 36.6 Å². The third kappa shape index (κ3) is 4.35. The van der Waals surface area contributed by atoms with Crippen LogP contribution in [0.4, 0.5) is 10.6 Å². The van der Waals surface area contributed by atoms with E-state index in [2.05, 4.69) is 15.5 Å². The Balaban J connectivity index is 0.00000259. The fourth-order valence-corrected chi connectivity index (χ4v) is 6.11. The highest BCUT2D eigenvalue weighted by Crippen LogP contribution is 2.39. The van der Waals surface area contributed by atoms with Crippen LogP contribution in [0.3, 0.4) is 0 Å². The average molecular weight is 551 g/mol. The van der Waals surface area contributed by atoms with Gasteiger partial charge >= 0.3 is 12.0 Å². The first-order chi connectivity index (χ1) is 15.5. The van der Waals surface area contributed by atoms with Gasteiger partial charge in [-0.15, -0.1) is 5.10 Å². The summed E-state index contributed by atoms with van der Waals surface area (Å²) in [4.78, 5) is 26.5. The second-order valence-electron chi connectivity index (χ2n) is 8.33. The molecule has 8 nitrogen and oxygen atoms in total. The van der Waals surface area contributed by atoms with Gasteiger partial charge in [0.05, 0.1) is 13.1 Å². The molecule has 0 aliphatic carbocycles. The van der Waals surface area contributed by atoms with Gasteiger partial charge in [-0.1, -0.05) is 0 Å². The van der Waals surface area contributed by atoms with E-state index in [1.165, 1.54) is 22.7 Å². The molecular formula is C22H23BrN4O4S2. The molecule has 6 rings (SSSR count). The summed E-state index contributed by atoms with van der Waals surface area (Å²) >= 11 is 2.82. The molecule has 0 unspecified atom stereocenters. The molecule has 11 heteroatoms. The number of thiophene rings is 2. The van der Waals surface area contributed by atoms with E-state index in [-0.39, 0.29) is 33.4 Å². The number of hydrogen-bond acceptors (Lipinski definition) is 8. The molecule has 3 aliphatic rings. The highest BCUT2D eigenvalue weighted by molar-refractivity contribution is 7.08. The number of nitrogens with one attached hydrogen (secondary N) is 1. The number of aromatic nitrogens is 2. The molecule has 174 valence electrons. The van der Waals surface area contributed by atoms with E-state index in [9.17, 15) is 14.7 Å². The van der Waals surface area contributed by atoms with Crippen molar-refractivity contribution in [3.05, 3.63) is 63.1 Å². The zero-order chi connectivity index (χ0) is 22.2. The van der Waals surface area contributed by atoms with Crippen molar-refractivity contribution < 1.29 is 40.9 Å². The third-order valence-corrected chi connectivity index (χ3v) is 7.95. The van der Waals surface area contributed by atoms with Crippen LogP contribution in [0.2, 0.25) is 0 Å². The summed E-state index contributed by atoms with van der Waals surface area (Å²) in [5, 5.41) is 29.3. The van der Waals surface area contributed by atoms with Crippen LogP contribution in [0.1, 0.15) is 24.0 Å². The number of carbonyl (C=O) groups is 2. The normalized spacial score (nSPS) is 24.0. The lowest BCUT2D eigenvalue weighted by Gasteiger charge is -2.49. The number of anilines is 1. The van der Waals surface area contributed by atoms with Gasteiger partial charge in [0.2, 0.25) is 5.60 Å². The van der Waals surface area contributed by atoms with Crippen molar-refractivity contribution >= 4 is 40.5 Å². The number of rotatable bonds is 5.